The standard InChI is InChI=1S/C22H21N5O2S/c1-14-6-5-11-26(13-14)19(28)15-9-10-17-18(12-15)24-22-27(20(17)29)25-21(30-22)23-16-7-3-2-4-8-16/h2-4,7-10,12,14H,5-6,11,13H2,1H3,(H,23,25)/t14-/m1/s1. The van der Waals surface area contributed by atoms with Crippen molar-refractivity contribution in [2.75, 3.05) is 18.4 Å². The molecule has 1 saturated heterocycles. The molecule has 0 aliphatic carbocycles. The normalized spacial score (nSPS) is 16.8. The smallest absolute Gasteiger partial charge is 0.283 e. The second-order valence-corrected chi connectivity index (χ2v) is 8.70. The van der Waals surface area contributed by atoms with Crippen LogP contribution >= 0.6 is 11.3 Å². The van der Waals surface area contributed by atoms with Gasteiger partial charge < -0.3 is 10.2 Å². The molecule has 8 heteroatoms. The lowest BCUT2D eigenvalue weighted by Crippen LogP contribution is -2.39. The summed E-state index contributed by atoms with van der Waals surface area (Å²) < 4.78 is 1.31. The second kappa shape index (κ2) is 7.53. The number of hydrogen-bond acceptors (Lipinski definition) is 6. The summed E-state index contributed by atoms with van der Waals surface area (Å²) in [5.41, 5.74) is 1.74. The van der Waals surface area contributed by atoms with Gasteiger partial charge in [0.15, 0.2) is 0 Å². The Labute approximate surface area is 177 Å². The Balaban J connectivity index is 1.51. The van der Waals surface area contributed by atoms with E-state index in [-0.39, 0.29) is 11.5 Å². The molecule has 152 valence electrons. The van der Waals surface area contributed by atoms with E-state index in [2.05, 4.69) is 22.3 Å². The average Bonchev–Trinajstić information content (AvgIpc) is 3.16. The molecule has 1 fully saturated rings. The first-order valence-corrected chi connectivity index (χ1v) is 10.8. The third-order valence-corrected chi connectivity index (χ3v) is 6.24. The lowest BCUT2D eigenvalue weighted by atomic mass is 9.99. The molecule has 3 heterocycles. The first kappa shape index (κ1) is 18.7. The van der Waals surface area contributed by atoms with Crippen molar-refractivity contribution in [2.45, 2.75) is 19.8 Å². The number of benzene rings is 2. The average molecular weight is 420 g/mol. The number of rotatable bonds is 3. The highest BCUT2D eigenvalue weighted by molar-refractivity contribution is 7.20. The molecule has 7 nitrogen and oxygen atoms in total. The third kappa shape index (κ3) is 3.43. The van der Waals surface area contributed by atoms with E-state index in [1.54, 1.807) is 18.2 Å². The van der Waals surface area contributed by atoms with Crippen molar-refractivity contribution >= 4 is 43.9 Å². The van der Waals surface area contributed by atoms with Crippen molar-refractivity contribution in [1.82, 2.24) is 19.5 Å². The number of amides is 1. The van der Waals surface area contributed by atoms with Gasteiger partial charge in [0.2, 0.25) is 10.1 Å². The monoisotopic (exact) mass is 419 g/mol. The molecule has 0 bridgehead atoms. The van der Waals surface area contributed by atoms with Gasteiger partial charge in [0.25, 0.3) is 11.5 Å². The summed E-state index contributed by atoms with van der Waals surface area (Å²) in [7, 11) is 0. The van der Waals surface area contributed by atoms with Crippen LogP contribution in [0.1, 0.15) is 30.1 Å². The van der Waals surface area contributed by atoms with Gasteiger partial charge in [-0.25, -0.2) is 4.98 Å². The predicted molar refractivity (Wildman–Crippen MR) is 119 cm³/mol. The van der Waals surface area contributed by atoms with Gasteiger partial charge in [-0.05, 0) is 49.1 Å². The van der Waals surface area contributed by atoms with Gasteiger partial charge in [0, 0.05) is 24.3 Å². The van der Waals surface area contributed by atoms with Crippen LogP contribution in [0.15, 0.2) is 53.3 Å². The maximum absolute atomic E-state index is 12.9. The molecule has 1 amide bonds. The third-order valence-electron chi connectivity index (χ3n) is 5.41. The largest absolute Gasteiger partial charge is 0.338 e. The number of fused-ring (bicyclic) bond motifs is 2. The molecule has 2 aromatic carbocycles. The molecule has 0 saturated carbocycles. The van der Waals surface area contributed by atoms with Crippen LogP contribution in [-0.4, -0.2) is 38.5 Å². The Hall–Kier alpha value is -3.26. The summed E-state index contributed by atoms with van der Waals surface area (Å²) in [6.07, 6.45) is 2.18. The molecular formula is C22H21N5O2S. The van der Waals surface area contributed by atoms with Crippen LogP contribution in [0.3, 0.4) is 0 Å². The molecular weight excluding hydrogens is 398 g/mol. The van der Waals surface area contributed by atoms with Gasteiger partial charge in [0.05, 0.1) is 10.9 Å². The van der Waals surface area contributed by atoms with E-state index in [0.717, 1.165) is 31.6 Å². The lowest BCUT2D eigenvalue weighted by Gasteiger charge is -2.31. The first-order valence-electron chi connectivity index (χ1n) is 10.0. The van der Waals surface area contributed by atoms with E-state index in [4.69, 9.17) is 0 Å². The Morgan fingerprint density at radius 1 is 1.20 bits per heavy atom. The Kier molecular flexibility index (Phi) is 4.71. The SMILES string of the molecule is C[C@@H]1CCCN(C(=O)c2ccc3c(=O)n4nc(Nc5ccccc5)sc4nc3c2)C1. The molecule has 0 spiro atoms. The second-order valence-electron chi connectivity index (χ2n) is 7.74. The molecule has 1 aliphatic rings. The van der Waals surface area contributed by atoms with Crippen LogP contribution in [-0.2, 0) is 0 Å². The van der Waals surface area contributed by atoms with E-state index in [1.165, 1.54) is 15.9 Å². The topological polar surface area (TPSA) is 79.6 Å². The summed E-state index contributed by atoms with van der Waals surface area (Å²) >= 11 is 1.30. The van der Waals surface area contributed by atoms with Gasteiger partial charge in [-0.3, -0.25) is 9.59 Å². The summed E-state index contributed by atoms with van der Waals surface area (Å²) in [5, 5.41) is 8.60. The number of nitrogens with zero attached hydrogens (tertiary/aromatic N) is 4. The molecule has 4 aromatic rings. The van der Waals surface area contributed by atoms with Crippen molar-refractivity contribution in [3.8, 4) is 0 Å². The van der Waals surface area contributed by atoms with Crippen LogP contribution in [0.25, 0.3) is 15.9 Å². The van der Waals surface area contributed by atoms with Crippen molar-refractivity contribution in [3.63, 3.8) is 0 Å². The molecule has 5 rings (SSSR count). The Bertz CT molecular complexity index is 1300. The van der Waals surface area contributed by atoms with Crippen LogP contribution in [0.4, 0.5) is 10.8 Å². The molecule has 2 aromatic heterocycles. The number of aromatic nitrogens is 3. The van der Waals surface area contributed by atoms with E-state index in [9.17, 15) is 9.59 Å². The summed E-state index contributed by atoms with van der Waals surface area (Å²) in [6, 6.07) is 14.8. The maximum Gasteiger partial charge on any atom is 0.283 e. The van der Waals surface area contributed by atoms with Crippen LogP contribution in [0.2, 0.25) is 0 Å². The predicted octanol–water partition coefficient (Wildman–Crippen LogP) is 3.92. The van der Waals surface area contributed by atoms with Crippen LogP contribution < -0.4 is 10.9 Å². The van der Waals surface area contributed by atoms with Gasteiger partial charge in [-0.2, -0.15) is 4.52 Å². The fourth-order valence-electron chi connectivity index (χ4n) is 3.89. The summed E-state index contributed by atoms with van der Waals surface area (Å²) in [6.45, 7) is 3.72. The fraction of sp³-hybridized carbons (Fsp3) is 0.273. The maximum atomic E-state index is 12.9. The minimum absolute atomic E-state index is 0.00110. The highest BCUT2D eigenvalue weighted by atomic mass is 32.1. The van der Waals surface area contributed by atoms with Crippen molar-refractivity contribution in [1.29, 1.82) is 0 Å². The quantitative estimate of drug-likeness (QED) is 0.544. The van der Waals surface area contributed by atoms with Crippen LogP contribution in [0.5, 0.6) is 0 Å². The zero-order valence-corrected chi connectivity index (χ0v) is 17.4. The fourth-order valence-corrected chi connectivity index (χ4v) is 4.71. The molecule has 1 atom stereocenters. The van der Waals surface area contributed by atoms with Crippen molar-refractivity contribution in [3.05, 3.63) is 64.4 Å². The van der Waals surface area contributed by atoms with Gasteiger partial charge >= 0.3 is 0 Å². The van der Waals surface area contributed by atoms with Gasteiger partial charge in [-0.1, -0.05) is 36.5 Å². The van der Waals surface area contributed by atoms with Gasteiger partial charge in [0.1, 0.15) is 0 Å². The Morgan fingerprint density at radius 2 is 2.03 bits per heavy atom. The van der Waals surface area contributed by atoms with E-state index in [0.29, 0.717) is 32.5 Å². The summed E-state index contributed by atoms with van der Waals surface area (Å²) in [4.78, 5) is 32.9. The lowest BCUT2D eigenvalue weighted by molar-refractivity contribution is 0.0683. The van der Waals surface area contributed by atoms with E-state index in [1.807, 2.05) is 35.2 Å². The minimum atomic E-state index is -0.238. The number of nitrogens with one attached hydrogen (secondary N) is 1. The number of anilines is 2. The van der Waals surface area contributed by atoms with E-state index < -0.39 is 0 Å². The molecule has 1 aliphatic heterocycles. The number of para-hydroxylation sites is 1. The highest BCUT2D eigenvalue weighted by Crippen LogP contribution is 2.24. The van der Waals surface area contributed by atoms with E-state index >= 15 is 0 Å². The molecule has 0 unspecified atom stereocenters. The molecule has 0 radical (unpaired) electrons. The van der Waals surface area contributed by atoms with Gasteiger partial charge in [-0.15, -0.1) is 5.10 Å². The number of carbonyl (C=O) groups excluding carboxylic acids is 1. The number of hydrogen-bond donors (Lipinski definition) is 1. The zero-order chi connectivity index (χ0) is 20.7. The zero-order valence-electron chi connectivity index (χ0n) is 16.5. The number of piperidine rings is 1. The molecule has 30 heavy (non-hydrogen) atoms. The minimum Gasteiger partial charge on any atom is -0.338 e. The Morgan fingerprint density at radius 3 is 2.83 bits per heavy atom. The van der Waals surface area contributed by atoms with Crippen molar-refractivity contribution in [2.24, 2.45) is 5.92 Å². The van der Waals surface area contributed by atoms with Crippen LogP contribution in [0, 0.1) is 5.92 Å². The first-order chi connectivity index (χ1) is 14.6. The number of carbonyl (C=O) groups is 1. The van der Waals surface area contributed by atoms with Crippen molar-refractivity contribution < 1.29 is 4.79 Å². The molecule has 1 N–H and O–H groups in total. The summed E-state index contributed by atoms with van der Waals surface area (Å²) in [5.74, 6) is 0.513. The highest BCUT2D eigenvalue weighted by Gasteiger charge is 2.22. The number of likely N-dealkylation sites (tertiary alicyclic amines) is 1.